The Hall–Kier alpha value is -1.36. The summed E-state index contributed by atoms with van der Waals surface area (Å²) in [4.78, 5) is 14.2. The molecule has 1 atom stereocenters. The first-order valence-electron chi connectivity index (χ1n) is 6.75. The lowest BCUT2D eigenvalue weighted by molar-refractivity contribution is -0.0108. The largest absolute Gasteiger partial charge is 0.388 e. The molecule has 5 heteroatoms. The molecule has 0 saturated carbocycles. The first-order chi connectivity index (χ1) is 8.69. The molecule has 2 rings (SSSR count). The number of aliphatic hydroxyl groups is 1. The van der Waals surface area contributed by atoms with Gasteiger partial charge in [0.15, 0.2) is 5.69 Å². The number of carbonyl (C=O) groups is 1. The van der Waals surface area contributed by atoms with E-state index in [0.717, 1.165) is 17.7 Å². The van der Waals surface area contributed by atoms with Gasteiger partial charge in [-0.2, -0.15) is 5.10 Å². The summed E-state index contributed by atoms with van der Waals surface area (Å²) in [5.41, 5.74) is 1.22. The van der Waals surface area contributed by atoms with E-state index in [2.05, 4.69) is 10.2 Å². The fourth-order valence-corrected chi connectivity index (χ4v) is 2.57. The van der Waals surface area contributed by atoms with Gasteiger partial charge in [-0.05, 0) is 20.3 Å². The molecule has 2 N–H and O–H groups in total. The van der Waals surface area contributed by atoms with Crippen LogP contribution in [0.15, 0.2) is 0 Å². The van der Waals surface area contributed by atoms with Crippen LogP contribution in [0.4, 0.5) is 0 Å². The van der Waals surface area contributed by atoms with Gasteiger partial charge in [0.25, 0.3) is 5.91 Å². The van der Waals surface area contributed by atoms with Gasteiger partial charge in [0.1, 0.15) is 0 Å². The highest BCUT2D eigenvalue weighted by atomic mass is 16.3. The van der Waals surface area contributed by atoms with Crippen LogP contribution < -0.4 is 0 Å². The van der Waals surface area contributed by atoms with Crippen molar-refractivity contribution in [1.29, 1.82) is 0 Å². The minimum absolute atomic E-state index is 0.0979. The Morgan fingerprint density at radius 3 is 2.47 bits per heavy atom. The van der Waals surface area contributed by atoms with E-state index in [1.54, 1.807) is 11.8 Å². The molecular weight excluding hydrogens is 242 g/mol. The summed E-state index contributed by atoms with van der Waals surface area (Å²) in [6.45, 7) is 10.6. The third-order valence-electron chi connectivity index (χ3n) is 4.50. The van der Waals surface area contributed by atoms with Gasteiger partial charge in [-0.15, -0.1) is 0 Å². The van der Waals surface area contributed by atoms with E-state index >= 15 is 0 Å². The van der Waals surface area contributed by atoms with Crippen LogP contribution in [0.3, 0.4) is 0 Å². The number of hydrogen-bond acceptors (Lipinski definition) is 3. The lowest BCUT2D eigenvalue weighted by Crippen LogP contribution is -2.40. The maximum atomic E-state index is 12.5. The second kappa shape index (κ2) is 4.34. The average molecular weight is 265 g/mol. The van der Waals surface area contributed by atoms with E-state index in [0.29, 0.717) is 18.8 Å². The van der Waals surface area contributed by atoms with E-state index < -0.39 is 5.60 Å². The molecule has 0 aromatic carbocycles. The van der Waals surface area contributed by atoms with Crippen molar-refractivity contribution in [2.45, 2.75) is 46.6 Å². The van der Waals surface area contributed by atoms with Crippen LogP contribution in [0.5, 0.6) is 0 Å². The van der Waals surface area contributed by atoms with E-state index in [9.17, 15) is 9.90 Å². The van der Waals surface area contributed by atoms with Crippen molar-refractivity contribution in [3.8, 4) is 0 Å². The Kier molecular flexibility index (Phi) is 3.21. The summed E-state index contributed by atoms with van der Waals surface area (Å²) < 4.78 is 0. The number of aromatic amines is 1. The summed E-state index contributed by atoms with van der Waals surface area (Å²) in [6.07, 6.45) is 0.829. The molecule has 1 aliphatic rings. The van der Waals surface area contributed by atoms with Crippen LogP contribution in [-0.2, 0) is 6.42 Å². The molecule has 1 saturated heterocycles. The minimum atomic E-state index is -0.861. The summed E-state index contributed by atoms with van der Waals surface area (Å²) in [5.74, 6) is -0.0979. The Morgan fingerprint density at radius 2 is 2.05 bits per heavy atom. The first kappa shape index (κ1) is 14.1. The Bertz CT molecular complexity index is 487. The Balaban J connectivity index is 2.25. The highest BCUT2D eigenvalue weighted by Crippen LogP contribution is 2.38. The highest BCUT2D eigenvalue weighted by Gasteiger charge is 2.49. The smallest absolute Gasteiger partial charge is 0.274 e. The van der Waals surface area contributed by atoms with Gasteiger partial charge in [0, 0.05) is 23.2 Å². The Morgan fingerprint density at radius 1 is 1.42 bits per heavy atom. The molecule has 19 heavy (non-hydrogen) atoms. The van der Waals surface area contributed by atoms with E-state index in [1.165, 1.54) is 0 Å². The molecule has 1 unspecified atom stereocenters. The number of amides is 1. The summed E-state index contributed by atoms with van der Waals surface area (Å²) in [7, 11) is 0. The monoisotopic (exact) mass is 265 g/mol. The molecule has 1 amide bonds. The number of carbonyl (C=O) groups excluding carboxylic acids is 1. The maximum absolute atomic E-state index is 12.5. The van der Waals surface area contributed by atoms with Gasteiger partial charge in [0.2, 0.25) is 0 Å². The predicted molar refractivity (Wildman–Crippen MR) is 73.0 cm³/mol. The van der Waals surface area contributed by atoms with Gasteiger partial charge < -0.3 is 10.0 Å². The van der Waals surface area contributed by atoms with Crippen molar-refractivity contribution in [1.82, 2.24) is 15.1 Å². The second-order valence-corrected chi connectivity index (χ2v) is 6.35. The summed E-state index contributed by atoms with van der Waals surface area (Å²) in [6, 6.07) is 0. The van der Waals surface area contributed by atoms with E-state index in [4.69, 9.17) is 0 Å². The third-order valence-corrected chi connectivity index (χ3v) is 4.50. The van der Waals surface area contributed by atoms with Gasteiger partial charge in [-0.25, -0.2) is 0 Å². The minimum Gasteiger partial charge on any atom is -0.388 e. The van der Waals surface area contributed by atoms with Crippen LogP contribution in [-0.4, -0.2) is 44.8 Å². The fraction of sp³-hybridized carbons (Fsp3) is 0.714. The molecule has 106 valence electrons. The molecule has 0 bridgehead atoms. The van der Waals surface area contributed by atoms with E-state index in [-0.39, 0.29) is 11.3 Å². The van der Waals surface area contributed by atoms with Gasteiger partial charge in [-0.1, -0.05) is 20.8 Å². The lowest BCUT2D eigenvalue weighted by Gasteiger charge is -2.30. The maximum Gasteiger partial charge on any atom is 0.274 e. The molecule has 1 fully saturated rings. The molecule has 0 radical (unpaired) electrons. The zero-order valence-electron chi connectivity index (χ0n) is 12.4. The zero-order chi connectivity index (χ0) is 14.4. The number of hydrogen-bond donors (Lipinski definition) is 2. The van der Waals surface area contributed by atoms with Gasteiger partial charge >= 0.3 is 0 Å². The van der Waals surface area contributed by atoms with Crippen molar-refractivity contribution in [3.05, 3.63) is 17.0 Å². The van der Waals surface area contributed by atoms with Crippen LogP contribution in [0.2, 0.25) is 0 Å². The molecule has 0 aliphatic carbocycles. The van der Waals surface area contributed by atoms with Gasteiger partial charge in [0.05, 0.1) is 12.1 Å². The molecule has 2 heterocycles. The molecular formula is C14H23N3O2. The van der Waals surface area contributed by atoms with Crippen molar-refractivity contribution in [3.63, 3.8) is 0 Å². The van der Waals surface area contributed by atoms with Crippen molar-refractivity contribution in [2.75, 3.05) is 13.1 Å². The van der Waals surface area contributed by atoms with Crippen LogP contribution in [0.25, 0.3) is 0 Å². The number of nitrogens with one attached hydrogen (secondary N) is 1. The topological polar surface area (TPSA) is 69.2 Å². The number of likely N-dealkylation sites (tertiary alicyclic amines) is 1. The van der Waals surface area contributed by atoms with Crippen molar-refractivity contribution in [2.24, 2.45) is 5.41 Å². The Labute approximate surface area is 114 Å². The molecule has 5 nitrogen and oxygen atoms in total. The van der Waals surface area contributed by atoms with Crippen LogP contribution in [0, 0.1) is 12.3 Å². The SMILES string of the molecule is CCc1[nH]nc(C(=O)N2CC(C)(C)C(C)(O)C2)c1C. The average Bonchev–Trinajstić information content (AvgIpc) is 2.76. The lowest BCUT2D eigenvalue weighted by atomic mass is 9.79. The van der Waals surface area contributed by atoms with Gasteiger partial charge in [-0.3, -0.25) is 9.89 Å². The van der Waals surface area contributed by atoms with Crippen molar-refractivity contribution < 1.29 is 9.90 Å². The predicted octanol–water partition coefficient (Wildman–Crippen LogP) is 1.51. The number of H-pyrrole nitrogens is 1. The van der Waals surface area contributed by atoms with E-state index in [1.807, 2.05) is 27.7 Å². The van der Waals surface area contributed by atoms with Crippen LogP contribution in [0.1, 0.15) is 49.4 Å². The van der Waals surface area contributed by atoms with Crippen molar-refractivity contribution >= 4 is 5.91 Å². The first-order valence-corrected chi connectivity index (χ1v) is 6.75. The highest BCUT2D eigenvalue weighted by molar-refractivity contribution is 5.94. The third kappa shape index (κ3) is 2.16. The number of rotatable bonds is 2. The standard InChI is InChI=1S/C14H23N3O2/c1-6-10-9(2)11(16-15-10)12(18)17-7-13(3,4)14(5,19)8-17/h19H,6-8H2,1-5H3,(H,15,16). The molecule has 1 aliphatic heterocycles. The molecule has 1 aromatic rings. The summed E-state index contributed by atoms with van der Waals surface area (Å²) in [5, 5.41) is 17.4. The molecule has 1 aromatic heterocycles. The van der Waals surface area contributed by atoms with Crippen LogP contribution >= 0.6 is 0 Å². The number of nitrogens with zero attached hydrogens (tertiary/aromatic N) is 2. The second-order valence-electron chi connectivity index (χ2n) is 6.35. The quantitative estimate of drug-likeness (QED) is 0.851. The normalized spacial score (nSPS) is 25.9. The summed E-state index contributed by atoms with van der Waals surface area (Å²) >= 11 is 0. The number of β-amino-alcohol motifs (C(OH)–C–C–N with tert-alkyl or cyclic N) is 1. The zero-order valence-corrected chi connectivity index (χ0v) is 12.4. The molecule has 0 spiro atoms. The number of aryl methyl sites for hydroxylation is 1. The fourth-order valence-electron chi connectivity index (χ4n) is 2.57. The number of aromatic nitrogens is 2.